The number of hydrogen-bond acceptors (Lipinski definition) is 8. The fourth-order valence-electron chi connectivity index (χ4n) is 3.77. The number of anilines is 1. The van der Waals surface area contributed by atoms with Gasteiger partial charge in [0.2, 0.25) is 5.95 Å². The summed E-state index contributed by atoms with van der Waals surface area (Å²) in [7, 11) is -3.49. The van der Waals surface area contributed by atoms with E-state index in [4.69, 9.17) is 5.73 Å². The van der Waals surface area contributed by atoms with E-state index in [9.17, 15) is 13.5 Å². The molecule has 1 unspecified atom stereocenters. The predicted molar refractivity (Wildman–Crippen MR) is 128 cm³/mol. The monoisotopic (exact) mass is 475 g/mol. The number of fused-ring (bicyclic) bond motifs is 1. The van der Waals surface area contributed by atoms with Crippen molar-refractivity contribution in [3.05, 3.63) is 78.5 Å². The fraction of sp³-hybridized carbons (Fsp3) is 0.130. The maximum Gasteiger partial charge on any atom is 0.250 e. The normalized spacial score (nSPS) is 13.7. The molecule has 172 valence electrons. The van der Waals surface area contributed by atoms with Gasteiger partial charge in [0.05, 0.1) is 30.0 Å². The van der Waals surface area contributed by atoms with Gasteiger partial charge >= 0.3 is 0 Å². The van der Waals surface area contributed by atoms with Crippen LogP contribution in [0.25, 0.3) is 33.4 Å². The van der Waals surface area contributed by atoms with Crippen LogP contribution >= 0.6 is 0 Å². The smallest absolute Gasteiger partial charge is 0.250 e. The first-order chi connectivity index (χ1) is 16.1. The number of hydrogen-bond donors (Lipinski definition) is 3. The Hall–Kier alpha value is -4.09. The number of nitrogen functional groups attached to an aromatic ring is 1. The number of nitrogens with zero attached hydrogens (tertiary/aromatic N) is 5. The molecular weight excluding hydrogens is 454 g/mol. The number of pyridine rings is 1. The number of aromatic amines is 1. The Labute approximate surface area is 195 Å². The highest BCUT2D eigenvalue weighted by Gasteiger charge is 2.28. The van der Waals surface area contributed by atoms with Gasteiger partial charge in [0, 0.05) is 34.5 Å². The Balaban J connectivity index is 1.61. The van der Waals surface area contributed by atoms with Gasteiger partial charge in [-0.25, -0.2) is 23.4 Å². The van der Waals surface area contributed by atoms with E-state index in [2.05, 4.69) is 25.0 Å². The van der Waals surface area contributed by atoms with E-state index in [0.29, 0.717) is 39.3 Å². The SMILES string of the molecule is CC(O)(c1ccccc1)c1cc(-c2c[nH]c3ncc(-c4cnn(S(C)(=O)=O)c4)cc23)nc(N)n1. The summed E-state index contributed by atoms with van der Waals surface area (Å²) in [6.07, 6.45) is 7.36. The lowest BCUT2D eigenvalue weighted by molar-refractivity contribution is 0.0975. The summed E-state index contributed by atoms with van der Waals surface area (Å²) in [6, 6.07) is 12.7. The Morgan fingerprint density at radius 2 is 1.85 bits per heavy atom. The first kappa shape index (κ1) is 21.7. The molecule has 0 spiro atoms. The number of H-pyrrole nitrogens is 1. The van der Waals surface area contributed by atoms with Crippen molar-refractivity contribution in [1.29, 1.82) is 0 Å². The predicted octanol–water partition coefficient (Wildman–Crippen LogP) is 2.53. The van der Waals surface area contributed by atoms with E-state index in [1.807, 2.05) is 36.4 Å². The highest BCUT2D eigenvalue weighted by atomic mass is 32.2. The van der Waals surface area contributed by atoms with Gasteiger partial charge in [-0.3, -0.25) is 0 Å². The molecule has 0 bridgehead atoms. The number of aromatic nitrogens is 6. The van der Waals surface area contributed by atoms with E-state index in [0.717, 1.165) is 15.7 Å². The van der Waals surface area contributed by atoms with E-state index >= 15 is 0 Å². The largest absolute Gasteiger partial charge is 0.379 e. The Morgan fingerprint density at radius 3 is 2.56 bits per heavy atom. The summed E-state index contributed by atoms with van der Waals surface area (Å²) in [5.74, 6) is 0.0246. The van der Waals surface area contributed by atoms with Crippen LogP contribution < -0.4 is 5.73 Å². The summed E-state index contributed by atoms with van der Waals surface area (Å²) in [4.78, 5) is 16.2. The molecule has 10 nitrogen and oxygen atoms in total. The van der Waals surface area contributed by atoms with Gasteiger partial charge in [-0.1, -0.05) is 30.3 Å². The highest BCUT2D eigenvalue weighted by Crippen LogP contribution is 2.34. The number of nitrogens with two attached hydrogens (primary N) is 1. The molecule has 0 saturated carbocycles. The molecule has 0 saturated heterocycles. The number of rotatable bonds is 5. The van der Waals surface area contributed by atoms with Crippen molar-refractivity contribution in [1.82, 2.24) is 29.1 Å². The number of benzene rings is 1. The minimum Gasteiger partial charge on any atom is -0.379 e. The molecule has 0 amide bonds. The van der Waals surface area contributed by atoms with E-state index < -0.39 is 15.6 Å². The lowest BCUT2D eigenvalue weighted by atomic mass is 9.91. The molecule has 11 heteroatoms. The summed E-state index contributed by atoms with van der Waals surface area (Å²) < 4.78 is 24.4. The lowest BCUT2D eigenvalue weighted by Crippen LogP contribution is -2.25. The minimum atomic E-state index is -3.49. The molecule has 4 N–H and O–H groups in total. The molecule has 0 fully saturated rings. The van der Waals surface area contributed by atoms with Gasteiger partial charge in [0.1, 0.15) is 11.2 Å². The van der Waals surface area contributed by atoms with Crippen LogP contribution in [0, 0.1) is 0 Å². The van der Waals surface area contributed by atoms with Gasteiger partial charge in [0.15, 0.2) is 0 Å². The van der Waals surface area contributed by atoms with Crippen LogP contribution in [0.5, 0.6) is 0 Å². The average Bonchev–Trinajstić information content (AvgIpc) is 3.46. The van der Waals surface area contributed by atoms with Gasteiger partial charge < -0.3 is 15.8 Å². The molecule has 5 aromatic rings. The lowest BCUT2D eigenvalue weighted by Gasteiger charge is -2.24. The molecule has 0 radical (unpaired) electrons. The van der Waals surface area contributed by atoms with Crippen LogP contribution in [0.3, 0.4) is 0 Å². The molecule has 34 heavy (non-hydrogen) atoms. The summed E-state index contributed by atoms with van der Waals surface area (Å²) >= 11 is 0. The molecule has 5 rings (SSSR count). The molecule has 0 aliphatic rings. The Morgan fingerprint density at radius 1 is 1.09 bits per heavy atom. The topological polar surface area (TPSA) is 153 Å². The van der Waals surface area contributed by atoms with Gasteiger partial charge in [-0.15, -0.1) is 0 Å². The first-order valence-electron chi connectivity index (χ1n) is 10.3. The van der Waals surface area contributed by atoms with Crippen LogP contribution in [-0.4, -0.2) is 48.9 Å². The third-order valence-electron chi connectivity index (χ3n) is 5.62. The van der Waals surface area contributed by atoms with E-state index in [1.165, 1.54) is 12.4 Å². The molecule has 1 atom stereocenters. The van der Waals surface area contributed by atoms with Gasteiger partial charge in [0.25, 0.3) is 10.0 Å². The molecule has 0 aliphatic heterocycles. The van der Waals surface area contributed by atoms with Gasteiger partial charge in [-0.05, 0) is 24.6 Å². The molecule has 0 aliphatic carbocycles. The summed E-state index contributed by atoms with van der Waals surface area (Å²) in [5, 5.41) is 15.9. The third kappa shape index (κ3) is 3.80. The van der Waals surface area contributed by atoms with Crippen molar-refractivity contribution >= 4 is 27.0 Å². The second kappa shape index (κ2) is 7.75. The quantitative estimate of drug-likeness (QED) is 0.350. The van der Waals surface area contributed by atoms with Crippen molar-refractivity contribution in [3.8, 4) is 22.4 Å². The zero-order chi connectivity index (χ0) is 24.1. The Bertz CT molecular complexity index is 1620. The standard InChI is InChI=1S/C23H21N7O3S/c1-23(31,16-6-4-3-5-7-16)20-9-19(28-22(24)29-20)18-12-26-21-17(18)8-14(10-25-21)15-11-27-30(13-15)34(2,32)33/h3-13,31H,1-2H3,(H,25,26)(H2,24,28,29). The average molecular weight is 476 g/mol. The first-order valence-corrected chi connectivity index (χ1v) is 12.1. The van der Waals surface area contributed by atoms with E-state index in [1.54, 1.807) is 25.4 Å². The van der Waals surface area contributed by atoms with E-state index in [-0.39, 0.29) is 5.95 Å². The van der Waals surface area contributed by atoms with Crippen molar-refractivity contribution in [2.24, 2.45) is 0 Å². The fourth-order valence-corrected chi connectivity index (χ4v) is 4.30. The van der Waals surface area contributed by atoms with Crippen molar-refractivity contribution in [2.75, 3.05) is 12.0 Å². The van der Waals surface area contributed by atoms with Crippen LogP contribution in [0.4, 0.5) is 5.95 Å². The third-order valence-corrected chi connectivity index (χ3v) is 6.50. The number of aliphatic hydroxyl groups is 1. The molecule has 4 heterocycles. The molecule has 4 aromatic heterocycles. The van der Waals surface area contributed by atoms with Crippen molar-refractivity contribution in [2.45, 2.75) is 12.5 Å². The molecule has 1 aromatic carbocycles. The van der Waals surface area contributed by atoms with Gasteiger partial charge in [-0.2, -0.15) is 9.19 Å². The molecular formula is C23H21N7O3S. The van der Waals surface area contributed by atoms with Crippen molar-refractivity contribution in [3.63, 3.8) is 0 Å². The minimum absolute atomic E-state index is 0.0246. The summed E-state index contributed by atoms with van der Waals surface area (Å²) in [6.45, 7) is 1.65. The van der Waals surface area contributed by atoms with Crippen LogP contribution in [0.2, 0.25) is 0 Å². The summed E-state index contributed by atoms with van der Waals surface area (Å²) in [5.41, 5.74) is 8.77. The van der Waals surface area contributed by atoms with Crippen molar-refractivity contribution < 1.29 is 13.5 Å². The number of nitrogens with one attached hydrogen (secondary N) is 1. The van der Waals surface area contributed by atoms with Crippen LogP contribution in [-0.2, 0) is 15.6 Å². The maximum absolute atomic E-state index is 11.8. The van der Waals surface area contributed by atoms with Crippen LogP contribution in [0.15, 0.2) is 67.3 Å². The second-order valence-electron chi connectivity index (χ2n) is 8.12. The highest BCUT2D eigenvalue weighted by molar-refractivity contribution is 7.89. The second-order valence-corrected chi connectivity index (χ2v) is 9.96. The van der Waals surface area contributed by atoms with Crippen LogP contribution in [0.1, 0.15) is 18.2 Å². The zero-order valence-electron chi connectivity index (χ0n) is 18.3. The maximum atomic E-state index is 11.8. The Kier molecular flexibility index (Phi) is 4.95. The zero-order valence-corrected chi connectivity index (χ0v) is 19.2.